The van der Waals surface area contributed by atoms with E-state index in [1.807, 2.05) is 30.3 Å². The van der Waals surface area contributed by atoms with E-state index in [1.165, 1.54) is 0 Å². The van der Waals surface area contributed by atoms with Crippen molar-refractivity contribution in [1.82, 2.24) is 4.72 Å². The summed E-state index contributed by atoms with van der Waals surface area (Å²) in [5.41, 5.74) is 2.38. The van der Waals surface area contributed by atoms with Gasteiger partial charge in [0, 0.05) is 5.56 Å². The van der Waals surface area contributed by atoms with Gasteiger partial charge in [-0.15, -0.1) is 4.40 Å². The fourth-order valence-corrected chi connectivity index (χ4v) is 3.06. The number of rotatable bonds is 3. The average Bonchev–Trinajstić information content (AvgIpc) is 2.54. The van der Waals surface area contributed by atoms with E-state index in [-0.39, 0.29) is 0 Å². The lowest BCUT2D eigenvalue weighted by atomic mass is 10.1. The Labute approximate surface area is 129 Å². The Balaban J connectivity index is 2.04. The van der Waals surface area contributed by atoms with Crippen molar-refractivity contribution in [2.45, 2.75) is 0 Å². The molecule has 0 fully saturated rings. The van der Waals surface area contributed by atoms with Crippen LogP contribution in [0, 0.1) is 0 Å². The van der Waals surface area contributed by atoms with Gasteiger partial charge in [-0.2, -0.15) is 8.42 Å². The van der Waals surface area contributed by atoms with E-state index in [1.54, 1.807) is 37.5 Å². The van der Waals surface area contributed by atoms with Crippen molar-refractivity contribution in [3.8, 4) is 5.75 Å². The Morgan fingerprint density at radius 2 is 1.64 bits per heavy atom. The molecule has 1 heterocycles. The molecule has 2 aromatic rings. The van der Waals surface area contributed by atoms with Crippen LogP contribution in [0.3, 0.4) is 0 Å². The minimum Gasteiger partial charge on any atom is -0.497 e. The van der Waals surface area contributed by atoms with Gasteiger partial charge in [0.05, 0.1) is 18.5 Å². The molecule has 6 heteroatoms. The van der Waals surface area contributed by atoms with Crippen LogP contribution in [-0.2, 0) is 10.2 Å². The Kier molecular flexibility index (Phi) is 3.68. The Morgan fingerprint density at radius 1 is 0.955 bits per heavy atom. The van der Waals surface area contributed by atoms with Crippen molar-refractivity contribution in [2.75, 3.05) is 7.11 Å². The molecular weight excluding hydrogens is 300 g/mol. The second-order valence-electron chi connectivity index (χ2n) is 4.71. The topological polar surface area (TPSA) is 67.8 Å². The fourth-order valence-electron chi connectivity index (χ4n) is 2.14. The molecule has 5 nitrogen and oxygen atoms in total. The molecule has 22 heavy (non-hydrogen) atoms. The minimum atomic E-state index is -3.75. The zero-order chi connectivity index (χ0) is 15.6. The van der Waals surface area contributed by atoms with Gasteiger partial charge in [0.1, 0.15) is 5.75 Å². The van der Waals surface area contributed by atoms with Crippen LogP contribution in [-0.4, -0.2) is 21.2 Å². The van der Waals surface area contributed by atoms with E-state index in [2.05, 4.69) is 9.12 Å². The smallest absolute Gasteiger partial charge is 0.342 e. The Bertz CT molecular complexity index is 839. The van der Waals surface area contributed by atoms with Crippen molar-refractivity contribution in [2.24, 2.45) is 4.40 Å². The van der Waals surface area contributed by atoms with Crippen molar-refractivity contribution < 1.29 is 13.2 Å². The highest BCUT2D eigenvalue weighted by Gasteiger charge is 2.19. The van der Waals surface area contributed by atoms with Gasteiger partial charge in [0.25, 0.3) is 0 Å². The van der Waals surface area contributed by atoms with Crippen LogP contribution >= 0.6 is 0 Å². The third-order valence-corrected chi connectivity index (χ3v) is 4.12. The van der Waals surface area contributed by atoms with Gasteiger partial charge < -0.3 is 4.74 Å². The zero-order valence-corrected chi connectivity index (χ0v) is 12.7. The van der Waals surface area contributed by atoms with E-state index in [9.17, 15) is 8.42 Å². The number of hydrogen-bond donors (Lipinski definition) is 1. The maximum absolute atomic E-state index is 12.0. The van der Waals surface area contributed by atoms with Crippen LogP contribution in [0.1, 0.15) is 11.1 Å². The molecule has 0 saturated carbocycles. The number of nitrogens with zero attached hydrogens (tertiary/aromatic N) is 1. The first-order chi connectivity index (χ1) is 10.6. The highest BCUT2D eigenvalue weighted by atomic mass is 32.2. The van der Waals surface area contributed by atoms with Gasteiger partial charge in [0.15, 0.2) is 0 Å². The first-order valence-electron chi connectivity index (χ1n) is 6.62. The summed E-state index contributed by atoms with van der Waals surface area (Å²) in [5.74, 6) is 0.708. The number of benzene rings is 2. The Hall–Kier alpha value is -2.60. The van der Waals surface area contributed by atoms with Crippen LogP contribution < -0.4 is 9.46 Å². The second-order valence-corrected chi connectivity index (χ2v) is 6.04. The predicted octanol–water partition coefficient (Wildman–Crippen LogP) is 2.37. The van der Waals surface area contributed by atoms with Crippen LogP contribution in [0.25, 0.3) is 5.70 Å². The van der Waals surface area contributed by atoms with Gasteiger partial charge in [-0.05, 0) is 35.9 Å². The van der Waals surface area contributed by atoms with Gasteiger partial charge in [-0.25, -0.2) is 0 Å². The lowest BCUT2D eigenvalue weighted by Crippen LogP contribution is -2.26. The summed E-state index contributed by atoms with van der Waals surface area (Å²) in [6.45, 7) is 0. The third kappa shape index (κ3) is 3.01. The lowest BCUT2D eigenvalue weighted by molar-refractivity contribution is 0.415. The summed E-state index contributed by atoms with van der Waals surface area (Å²) >= 11 is 0. The summed E-state index contributed by atoms with van der Waals surface area (Å²) in [6.07, 6.45) is 1.72. The predicted molar refractivity (Wildman–Crippen MR) is 86.0 cm³/mol. The van der Waals surface area contributed by atoms with Gasteiger partial charge in [0.2, 0.25) is 0 Å². The number of methoxy groups -OCH3 is 1. The second kappa shape index (κ2) is 5.65. The van der Waals surface area contributed by atoms with Crippen LogP contribution in [0.4, 0.5) is 0 Å². The highest BCUT2D eigenvalue weighted by molar-refractivity contribution is 7.88. The molecular formula is C16H14N2O3S. The van der Waals surface area contributed by atoms with Gasteiger partial charge in [-0.3, -0.25) is 4.72 Å². The monoisotopic (exact) mass is 314 g/mol. The van der Waals surface area contributed by atoms with E-state index in [0.29, 0.717) is 17.2 Å². The quantitative estimate of drug-likeness (QED) is 0.946. The normalized spacial score (nSPS) is 16.2. The molecule has 0 saturated heterocycles. The molecule has 0 unspecified atom stereocenters. The van der Waals surface area contributed by atoms with Crippen molar-refractivity contribution in [3.05, 3.63) is 71.8 Å². The van der Waals surface area contributed by atoms with Gasteiger partial charge >= 0.3 is 10.2 Å². The summed E-state index contributed by atoms with van der Waals surface area (Å²) in [5, 5.41) is 0. The van der Waals surface area contributed by atoms with Crippen molar-refractivity contribution >= 4 is 21.6 Å². The largest absolute Gasteiger partial charge is 0.497 e. The molecule has 0 bridgehead atoms. The molecule has 0 aromatic heterocycles. The summed E-state index contributed by atoms with van der Waals surface area (Å²) in [6, 6.07) is 16.3. The van der Waals surface area contributed by atoms with Crippen molar-refractivity contribution in [1.29, 1.82) is 0 Å². The first-order valence-corrected chi connectivity index (χ1v) is 8.06. The Morgan fingerprint density at radius 3 is 2.27 bits per heavy atom. The average molecular weight is 314 g/mol. The number of hydrogen-bond acceptors (Lipinski definition) is 3. The maximum atomic E-state index is 12.0. The van der Waals surface area contributed by atoms with Crippen LogP contribution in [0.5, 0.6) is 5.75 Å². The minimum absolute atomic E-state index is 0.408. The van der Waals surface area contributed by atoms with E-state index in [4.69, 9.17) is 4.74 Å². The zero-order valence-electron chi connectivity index (χ0n) is 11.9. The van der Waals surface area contributed by atoms with Crippen molar-refractivity contribution in [3.63, 3.8) is 0 Å². The molecule has 2 aromatic carbocycles. The molecule has 3 rings (SSSR count). The molecule has 0 spiro atoms. The standard InChI is InChI=1S/C16H14N2O3S/c1-21-14-9-7-13(8-10-14)16-11-15(17-22(19,20)18-16)12-5-3-2-4-6-12/h2-11,18H,1H3. The number of ether oxygens (including phenoxy) is 1. The van der Waals surface area contributed by atoms with E-state index < -0.39 is 10.2 Å². The number of allylic oxidation sites excluding steroid dienone is 1. The van der Waals surface area contributed by atoms with E-state index >= 15 is 0 Å². The first kappa shape index (κ1) is 14.3. The molecule has 0 aliphatic carbocycles. The van der Waals surface area contributed by atoms with Crippen LogP contribution in [0.2, 0.25) is 0 Å². The lowest BCUT2D eigenvalue weighted by Gasteiger charge is -2.16. The molecule has 0 amide bonds. The molecule has 1 aliphatic heterocycles. The molecule has 1 aliphatic rings. The number of nitrogens with one attached hydrogen (secondary N) is 1. The molecule has 0 radical (unpaired) electrons. The SMILES string of the molecule is COc1ccc(C2=CC(c3ccccc3)=NS(=O)(=O)N2)cc1. The van der Waals surface area contributed by atoms with Crippen LogP contribution in [0.15, 0.2) is 65.1 Å². The summed E-state index contributed by atoms with van der Waals surface area (Å²) in [4.78, 5) is 0. The third-order valence-electron chi connectivity index (χ3n) is 3.21. The maximum Gasteiger partial charge on any atom is 0.342 e. The summed E-state index contributed by atoms with van der Waals surface area (Å²) < 4.78 is 35.3. The van der Waals surface area contributed by atoms with E-state index in [0.717, 1.165) is 11.1 Å². The fraction of sp³-hybridized carbons (Fsp3) is 0.0625. The summed E-state index contributed by atoms with van der Waals surface area (Å²) in [7, 11) is -2.17. The molecule has 0 atom stereocenters. The van der Waals surface area contributed by atoms with Gasteiger partial charge in [-0.1, -0.05) is 30.3 Å². The molecule has 1 N–H and O–H groups in total. The molecule has 112 valence electrons. The highest BCUT2D eigenvalue weighted by Crippen LogP contribution is 2.21.